The van der Waals surface area contributed by atoms with Gasteiger partial charge in [0.2, 0.25) is 0 Å². The molecule has 0 fully saturated rings. The maximum absolute atomic E-state index is 8.96. The van der Waals surface area contributed by atoms with Gasteiger partial charge in [-0.25, -0.2) is 0 Å². The highest BCUT2D eigenvalue weighted by atomic mass is 16.4. The first-order valence-electron chi connectivity index (χ1n) is 6.21. The van der Waals surface area contributed by atoms with Gasteiger partial charge in [0, 0.05) is 6.61 Å². The van der Waals surface area contributed by atoms with Crippen molar-refractivity contribution in [1.29, 1.82) is 0 Å². The molecule has 0 aromatic rings. The van der Waals surface area contributed by atoms with Crippen molar-refractivity contribution in [2.24, 2.45) is 5.73 Å². The SMILES string of the molecule is NCCCCCO.OCC(O)C(O)C(O)C(O)CO. The molecule has 0 bridgehead atoms. The van der Waals surface area contributed by atoms with E-state index in [9.17, 15) is 0 Å². The summed E-state index contributed by atoms with van der Waals surface area (Å²) >= 11 is 0. The number of aliphatic hydroxyl groups excluding tert-OH is 7. The number of hydrogen-bond acceptors (Lipinski definition) is 8. The minimum Gasteiger partial charge on any atom is -0.396 e. The normalized spacial score (nSPS) is 17.1. The third-order valence-corrected chi connectivity index (χ3v) is 2.37. The van der Waals surface area contributed by atoms with Crippen LogP contribution in [0.3, 0.4) is 0 Å². The third kappa shape index (κ3) is 11.2. The Morgan fingerprint density at radius 3 is 1.37 bits per heavy atom. The fraction of sp³-hybridized carbons (Fsp3) is 1.00. The molecular formula is C11H27NO7. The van der Waals surface area contributed by atoms with E-state index < -0.39 is 37.6 Å². The van der Waals surface area contributed by atoms with Crippen LogP contribution in [0.1, 0.15) is 19.3 Å². The van der Waals surface area contributed by atoms with Gasteiger partial charge in [0.25, 0.3) is 0 Å². The molecule has 0 aromatic heterocycles. The summed E-state index contributed by atoms with van der Waals surface area (Å²) in [5.74, 6) is 0. The van der Waals surface area contributed by atoms with E-state index in [0.717, 1.165) is 25.8 Å². The first-order chi connectivity index (χ1) is 8.95. The van der Waals surface area contributed by atoms with Gasteiger partial charge in [0.15, 0.2) is 0 Å². The Labute approximate surface area is 112 Å². The van der Waals surface area contributed by atoms with Crippen molar-refractivity contribution in [3.63, 3.8) is 0 Å². The molecule has 118 valence electrons. The lowest BCUT2D eigenvalue weighted by Gasteiger charge is -2.24. The van der Waals surface area contributed by atoms with Crippen LogP contribution in [0.4, 0.5) is 0 Å². The Balaban J connectivity index is 0. The molecule has 0 saturated heterocycles. The molecular weight excluding hydrogens is 258 g/mol. The number of aliphatic hydroxyl groups is 7. The predicted octanol–water partition coefficient (Wildman–Crippen LogP) is -3.48. The van der Waals surface area contributed by atoms with Crippen molar-refractivity contribution in [2.45, 2.75) is 43.7 Å². The van der Waals surface area contributed by atoms with Crippen molar-refractivity contribution < 1.29 is 35.7 Å². The van der Waals surface area contributed by atoms with E-state index in [-0.39, 0.29) is 0 Å². The highest BCUT2D eigenvalue weighted by Gasteiger charge is 2.29. The van der Waals surface area contributed by atoms with Gasteiger partial charge >= 0.3 is 0 Å². The summed E-state index contributed by atoms with van der Waals surface area (Å²) in [6.45, 7) is -0.396. The summed E-state index contributed by atoms with van der Waals surface area (Å²) in [7, 11) is 0. The molecule has 0 heterocycles. The second kappa shape index (κ2) is 14.1. The van der Waals surface area contributed by atoms with Crippen molar-refractivity contribution in [1.82, 2.24) is 0 Å². The molecule has 0 radical (unpaired) electrons. The molecule has 0 spiro atoms. The Kier molecular flexibility index (Phi) is 15.6. The van der Waals surface area contributed by atoms with Gasteiger partial charge in [0.1, 0.15) is 24.4 Å². The molecule has 4 atom stereocenters. The molecule has 9 N–H and O–H groups in total. The van der Waals surface area contributed by atoms with Gasteiger partial charge < -0.3 is 41.5 Å². The Hall–Kier alpha value is -0.320. The van der Waals surface area contributed by atoms with Gasteiger partial charge in [-0.2, -0.15) is 0 Å². The quantitative estimate of drug-likeness (QED) is 0.202. The zero-order chi connectivity index (χ0) is 15.3. The fourth-order valence-corrected chi connectivity index (χ4v) is 1.10. The Bertz CT molecular complexity index is 166. The second-order valence-corrected chi connectivity index (χ2v) is 4.05. The summed E-state index contributed by atoms with van der Waals surface area (Å²) in [5.41, 5.74) is 5.19. The van der Waals surface area contributed by atoms with E-state index in [2.05, 4.69) is 0 Å². The van der Waals surface area contributed by atoms with E-state index >= 15 is 0 Å². The molecule has 0 aliphatic rings. The summed E-state index contributed by atoms with van der Waals surface area (Å²) in [6.07, 6.45) is -3.39. The molecule has 0 aliphatic carbocycles. The largest absolute Gasteiger partial charge is 0.396 e. The van der Waals surface area contributed by atoms with Crippen LogP contribution in [-0.2, 0) is 0 Å². The molecule has 0 amide bonds. The van der Waals surface area contributed by atoms with E-state index in [0.29, 0.717) is 6.61 Å². The highest BCUT2D eigenvalue weighted by Crippen LogP contribution is 2.04. The lowest BCUT2D eigenvalue weighted by atomic mass is 10.0. The molecule has 19 heavy (non-hydrogen) atoms. The summed E-state index contributed by atoms with van der Waals surface area (Å²) < 4.78 is 0. The van der Waals surface area contributed by atoms with E-state index in [1.807, 2.05) is 0 Å². The summed E-state index contributed by atoms with van der Waals surface area (Å²) in [4.78, 5) is 0. The molecule has 8 heteroatoms. The van der Waals surface area contributed by atoms with Crippen molar-refractivity contribution in [3.05, 3.63) is 0 Å². The van der Waals surface area contributed by atoms with Crippen LogP contribution in [0.5, 0.6) is 0 Å². The summed E-state index contributed by atoms with van der Waals surface area (Å²) in [6, 6.07) is 0. The molecule has 0 rings (SSSR count). The van der Waals surface area contributed by atoms with Crippen LogP contribution in [-0.4, -0.2) is 86.5 Å². The predicted molar refractivity (Wildman–Crippen MR) is 68.2 cm³/mol. The van der Waals surface area contributed by atoms with E-state index in [1.54, 1.807) is 0 Å². The molecule has 4 unspecified atom stereocenters. The second-order valence-electron chi connectivity index (χ2n) is 4.05. The lowest BCUT2D eigenvalue weighted by Crippen LogP contribution is -2.46. The summed E-state index contributed by atoms with van der Waals surface area (Å²) in [5, 5.41) is 60.4. The maximum atomic E-state index is 8.96. The first kappa shape index (κ1) is 21.0. The average molecular weight is 285 g/mol. The first-order valence-corrected chi connectivity index (χ1v) is 6.21. The van der Waals surface area contributed by atoms with E-state index in [1.165, 1.54) is 0 Å². The average Bonchev–Trinajstić information content (AvgIpc) is 2.45. The maximum Gasteiger partial charge on any atom is 0.111 e. The number of unbranched alkanes of at least 4 members (excludes halogenated alkanes) is 2. The van der Waals surface area contributed by atoms with Crippen molar-refractivity contribution >= 4 is 0 Å². The smallest absolute Gasteiger partial charge is 0.111 e. The Morgan fingerprint density at radius 1 is 0.684 bits per heavy atom. The van der Waals surface area contributed by atoms with Crippen LogP contribution >= 0.6 is 0 Å². The van der Waals surface area contributed by atoms with Crippen molar-refractivity contribution in [2.75, 3.05) is 26.4 Å². The number of hydrogen-bond donors (Lipinski definition) is 8. The number of rotatable bonds is 9. The fourth-order valence-electron chi connectivity index (χ4n) is 1.10. The van der Waals surface area contributed by atoms with Gasteiger partial charge in [-0.05, 0) is 25.8 Å². The van der Waals surface area contributed by atoms with Crippen LogP contribution in [0.25, 0.3) is 0 Å². The van der Waals surface area contributed by atoms with Gasteiger partial charge in [-0.1, -0.05) is 0 Å². The Morgan fingerprint density at radius 2 is 1.11 bits per heavy atom. The van der Waals surface area contributed by atoms with Crippen molar-refractivity contribution in [3.8, 4) is 0 Å². The highest BCUT2D eigenvalue weighted by molar-refractivity contribution is 4.79. The topological polar surface area (TPSA) is 168 Å². The minimum absolute atomic E-state index is 0.306. The zero-order valence-electron chi connectivity index (χ0n) is 11.0. The van der Waals surface area contributed by atoms with Crippen LogP contribution in [0, 0.1) is 0 Å². The zero-order valence-corrected chi connectivity index (χ0v) is 11.0. The molecule has 8 nitrogen and oxygen atoms in total. The van der Waals surface area contributed by atoms with Crippen LogP contribution < -0.4 is 5.73 Å². The standard InChI is InChI=1S/C6H14O6.C5H13NO/c7-1-3(9)5(11)6(12)4(10)2-8;6-4-2-1-3-5-7/h3-12H,1-2H2;7H,1-6H2. The van der Waals surface area contributed by atoms with Crippen LogP contribution in [0.2, 0.25) is 0 Å². The molecule has 0 aliphatic heterocycles. The third-order valence-electron chi connectivity index (χ3n) is 2.37. The van der Waals surface area contributed by atoms with Gasteiger partial charge in [-0.3, -0.25) is 0 Å². The minimum atomic E-state index is -1.67. The molecule has 0 aromatic carbocycles. The number of nitrogens with two attached hydrogens (primary N) is 1. The van der Waals surface area contributed by atoms with Crippen LogP contribution in [0.15, 0.2) is 0 Å². The van der Waals surface area contributed by atoms with E-state index in [4.69, 9.17) is 41.5 Å². The van der Waals surface area contributed by atoms with Gasteiger partial charge in [0.05, 0.1) is 13.2 Å². The lowest BCUT2D eigenvalue weighted by molar-refractivity contribution is -0.123. The van der Waals surface area contributed by atoms with Gasteiger partial charge in [-0.15, -0.1) is 0 Å². The monoisotopic (exact) mass is 285 g/mol. The molecule has 0 saturated carbocycles.